The molecule has 2 aliphatic rings. The maximum absolute atomic E-state index is 12.9. The number of carbonyl (C=O) groups excluding carboxylic acids is 1. The van der Waals surface area contributed by atoms with E-state index < -0.39 is 5.79 Å². The second kappa shape index (κ2) is 31.4. The lowest BCUT2D eigenvalue weighted by molar-refractivity contribution is -0.200. The quantitative estimate of drug-likeness (QED) is 0.0557. The van der Waals surface area contributed by atoms with Gasteiger partial charge >= 0.3 is 6.09 Å². The van der Waals surface area contributed by atoms with Crippen molar-refractivity contribution in [2.24, 2.45) is 0 Å². The van der Waals surface area contributed by atoms with E-state index in [0.29, 0.717) is 6.61 Å². The van der Waals surface area contributed by atoms with Gasteiger partial charge in [0.05, 0.1) is 12.2 Å². The van der Waals surface area contributed by atoms with Crippen LogP contribution < -0.4 is 0 Å². The largest absolute Gasteiger partial charge is 0.445 e. The van der Waals surface area contributed by atoms with Gasteiger partial charge in [-0.15, -0.1) is 0 Å². The van der Waals surface area contributed by atoms with Crippen molar-refractivity contribution >= 4 is 6.09 Å². The number of hydrogen-bond acceptors (Lipinski definition) is 4. The summed E-state index contributed by atoms with van der Waals surface area (Å²) < 4.78 is 19.5. The summed E-state index contributed by atoms with van der Waals surface area (Å²) in [5.41, 5.74) is 1.01. The molecule has 1 heterocycles. The van der Waals surface area contributed by atoms with Crippen LogP contribution in [0.2, 0.25) is 0 Å². The molecule has 3 rings (SSSR count). The van der Waals surface area contributed by atoms with E-state index in [1.54, 1.807) is 4.90 Å². The van der Waals surface area contributed by atoms with Crippen LogP contribution in [0.5, 0.6) is 0 Å². The van der Waals surface area contributed by atoms with Crippen molar-refractivity contribution in [1.29, 1.82) is 0 Å². The molecule has 5 nitrogen and oxygen atoms in total. The fourth-order valence-electron chi connectivity index (χ4n) is 8.17. The molecule has 2 atom stereocenters. The van der Waals surface area contributed by atoms with Crippen LogP contribution in [0.15, 0.2) is 78.9 Å². The third-order valence-electron chi connectivity index (χ3n) is 11.8. The molecule has 2 unspecified atom stereocenters. The third-order valence-corrected chi connectivity index (χ3v) is 11.8. The van der Waals surface area contributed by atoms with Crippen LogP contribution in [0, 0.1) is 0 Å². The third kappa shape index (κ3) is 21.2. The second-order valence-electron chi connectivity index (χ2n) is 16.6. The smallest absolute Gasteiger partial charge is 0.410 e. The van der Waals surface area contributed by atoms with E-state index >= 15 is 0 Å². The average molecular weight is 774 g/mol. The van der Waals surface area contributed by atoms with Gasteiger partial charge in [-0.05, 0) is 95.5 Å². The number of nitrogens with zero attached hydrogens (tertiary/aromatic N) is 1. The van der Waals surface area contributed by atoms with Crippen LogP contribution in [-0.4, -0.2) is 42.1 Å². The number of benzene rings is 1. The number of ether oxygens (including phenoxy) is 3. The van der Waals surface area contributed by atoms with Gasteiger partial charge in [-0.2, -0.15) is 0 Å². The number of carbonyl (C=O) groups is 1. The van der Waals surface area contributed by atoms with Crippen LogP contribution in [0.3, 0.4) is 0 Å². The Bertz CT molecular complexity index is 1160. The van der Waals surface area contributed by atoms with Crippen molar-refractivity contribution in [1.82, 2.24) is 4.90 Å². The Hall–Kier alpha value is -2.63. The van der Waals surface area contributed by atoms with E-state index in [2.05, 4.69) is 62.5 Å². The van der Waals surface area contributed by atoms with E-state index in [-0.39, 0.29) is 24.3 Å². The molecular weight excluding hydrogens is 691 g/mol. The van der Waals surface area contributed by atoms with Gasteiger partial charge in [-0.3, -0.25) is 0 Å². The fraction of sp³-hybridized carbons (Fsp3) is 0.706. The topological polar surface area (TPSA) is 48.0 Å². The molecule has 1 aliphatic carbocycles. The first kappa shape index (κ1) is 47.7. The lowest BCUT2D eigenvalue weighted by Gasteiger charge is -2.39. The Labute approximate surface area is 344 Å². The van der Waals surface area contributed by atoms with Gasteiger partial charge < -0.3 is 19.1 Å². The van der Waals surface area contributed by atoms with Gasteiger partial charge in [0.15, 0.2) is 5.79 Å². The van der Waals surface area contributed by atoms with Gasteiger partial charge in [-0.25, -0.2) is 4.79 Å². The molecule has 316 valence electrons. The van der Waals surface area contributed by atoms with Gasteiger partial charge in [0, 0.05) is 25.9 Å². The summed E-state index contributed by atoms with van der Waals surface area (Å²) in [6.45, 7) is 4.83. The van der Waals surface area contributed by atoms with E-state index in [9.17, 15) is 4.79 Å². The Morgan fingerprint density at radius 2 is 1.05 bits per heavy atom. The average Bonchev–Trinajstić information content (AvgIpc) is 3.55. The Kier molecular flexibility index (Phi) is 26.7. The van der Waals surface area contributed by atoms with E-state index in [1.165, 1.54) is 128 Å². The zero-order chi connectivity index (χ0) is 39.8. The Balaban J connectivity index is 1.36. The second-order valence-corrected chi connectivity index (χ2v) is 16.6. The van der Waals surface area contributed by atoms with E-state index in [0.717, 1.165) is 56.9 Å². The van der Waals surface area contributed by atoms with E-state index in [1.807, 2.05) is 37.4 Å². The number of allylic oxidation sites excluding steroid dienone is 8. The van der Waals surface area contributed by atoms with Crippen molar-refractivity contribution in [3.8, 4) is 0 Å². The number of unbranched alkanes of at least 4 members (excludes halogenated alkanes) is 16. The fourth-order valence-corrected chi connectivity index (χ4v) is 8.17. The molecule has 1 aliphatic heterocycles. The standard InChI is InChI=1S/C51H83NO4/c1-4-6-8-10-12-14-16-18-20-22-24-26-28-30-35-39-48-49(40-36-31-29-27-25-23-21-19-17-15-13-11-9-7-5-2)56-51(55-48)43-41-47(42-44-51)52(3)50(53)54-45-46-37-33-32-34-38-46/h12-15,18-21,32-34,37-38,47-49H,4-11,16-17,22-31,35-36,39-45H2,1-3H3/b14-12-,15-13-,20-18-,21-19-. The highest BCUT2D eigenvalue weighted by molar-refractivity contribution is 5.67. The molecule has 1 saturated carbocycles. The maximum Gasteiger partial charge on any atom is 0.410 e. The predicted molar refractivity (Wildman–Crippen MR) is 238 cm³/mol. The zero-order valence-electron chi connectivity index (χ0n) is 36.3. The molecule has 1 amide bonds. The summed E-state index contributed by atoms with van der Waals surface area (Å²) in [5, 5.41) is 0. The summed E-state index contributed by atoms with van der Waals surface area (Å²) in [4.78, 5) is 14.7. The highest BCUT2D eigenvalue weighted by atomic mass is 16.8. The molecule has 1 aromatic rings. The predicted octanol–water partition coefficient (Wildman–Crippen LogP) is 15.3. The zero-order valence-corrected chi connectivity index (χ0v) is 36.3. The molecule has 0 bridgehead atoms. The molecule has 0 radical (unpaired) electrons. The van der Waals surface area contributed by atoms with Crippen LogP contribution in [0.1, 0.15) is 199 Å². The SMILES string of the molecule is CCCCC/C=C\C/C=C\CCCCCCCC1OC2(CCC(N(C)C(=O)OCc3ccccc3)CC2)OC1CCCCCCC/C=C\C/C=C\CCCCC. The van der Waals surface area contributed by atoms with Crippen LogP contribution >= 0.6 is 0 Å². The molecule has 56 heavy (non-hydrogen) atoms. The monoisotopic (exact) mass is 774 g/mol. The molecule has 1 aromatic carbocycles. The summed E-state index contributed by atoms with van der Waals surface area (Å²) in [6, 6.07) is 10.1. The van der Waals surface area contributed by atoms with Crippen molar-refractivity contribution in [3.63, 3.8) is 0 Å². The molecule has 0 N–H and O–H groups in total. The van der Waals surface area contributed by atoms with Crippen LogP contribution in [0.25, 0.3) is 0 Å². The van der Waals surface area contributed by atoms with Crippen molar-refractivity contribution in [2.45, 2.75) is 224 Å². The lowest BCUT2D eigenvalue weighted by Crippen LogP contribution is -2.45. The summed E-state index contributed by atoms with van der Waals surface area (Å²) in [5.74, 6) is -0.491. The van der Waals surface area contributed by atoms with Gasteiger partial charge in [0.2, 0.25) is 0 Å². The number of rotatable bonds is 31. The first-order valence-electron chi connectivity index (χ1n) is 23.5. The van der Waals surface area contributed by atoms with Crippen molar-refractivity contribution in [3.05, 3.63) is 84.5 Å². The normalized spacial score (nSPS) is 21.4. The number of amides is 1. The van der Waals surface area contributed by atoms with Crippen LogP contribution in [-0.2, 0) is 20.8 Å². The first-order chi connectivity index (χ1) is 27.6. The molecule has 5 heteroatoms. The minimum Gasteiger partial charge on any atom is -0.445 e. The van der Waals surface area contributed by atoms with Gasteiger partial charge in [-0.1, -0.05) is 170 Å². The van der Waals surface area contributed by atoms with Gasteiger partial charge in [0.25, 0.3) is 0 Å². The minimum absolute atomic E-state index is 0.150. The summed E-state index contributed by atoms with van der Waals surface area (Å²) >= 11 is 0. The van der Waals surface area contributed by atoms with E-state index in [4.69, 9.17) is 14.2 Å². The lowest BCUT2D eigenvalue weighted by atomic mass is 9.89. The summed E-state index contributed by atoms with van der Waals surface area (Å²) in [7, 11) is 1.88. The maximum atomic E-state index is 12.9. The first-order valence-corrected chi connectivity index (χ1v) is 23.5. The number of hydrogen-bond donors (Lipinski definition) is 0. The van der Waals surface area contributed by atoms with Gasteiger partial charge in [0.1, 0.15) is 6.61 Å². The van der Waals surface area contributed by atoms with Crippen LogP contribution in [0.4, 0.5) is 4.79 Å². The van der Waals surface area contributed by atoms with Crippen molar-refractivity contribution < 1.29 is 19.0 Å². The minimum atomic E-state index is -0.491. The highest BCUT2D eigenvalue weighted by Gasteiger charge is 2.49. The Morgan fingerprint density at radius 1 is 0.625 bits per heavy atom. The molecule has 0 aromatic heterocycles. The molecule has 2 fully saturated rings. The van der Waals surface area contributed by atoms with Crippen molar-refractivity contribution in [2.75, 3.05) is 7.05 Å². The highest BCUT2D eigenvalue weighted by Crippen LogP contribution is 2.44. The Morgan fingerprint density at radius 3 is 1.52 bits per heavy atom. The summed E-state index contributed by atoms with van der Waals surface area (Å²) in [6.07, 6.45) is 52.1. The molecule has 1 spiro atoms. The molecule has 1 saturated heterocycles. The molecular formula is C51H83NO4.